The van der Waals surface area contributed by atoms with Crippen LogP contribution in [0.2, 0.25) is 5.02 Å². The highest BCUT2D eigenvalue weighted by Crippen LogP contribution is 2.26. The summed E-state index contributed by atoms with van der Waals surface area (Å²) >= 11 is 10.1. The molecule has 0 saturated heterocycles. The van der Waals surface area contributed by atoms with Gasteiger partial charge in [-0.1, -0.05) is 23.8 Å². The molecule has 0 aromatic heterocycles. The summed E-state index contributed by atoms with van der Waals surface area (Å²) in [4.78, 5) is -0.245. The van der Waals surface area contributed by atoms with Crippen molar-refractivity contribution in [1.29, 1.82) is 0 Å². The molecule has 2 aromatic carbocycles. The second-order valence-corrected chi connectivity index (χ2v) is 4.75. The molecule has 0 spiro atoms. The Morgan fingerprint density at radius 3 is 2.40 bits per heavy atom. The first kappa shape index (κ1) is 14.6. The van der Waals surface area contributed by atoms with E-state index >= 15 is 0 Å². The van der Waals surface area contributed by atoms with E-state index in [9.17, 15) is 13.2 Å². The lowest BCUT2D eigenvalue weighted by Crippen LogP contribution is -2.13. The Kier molecular flexibility index (Phi) is 4.15. The van der Waals surface area contributed by atoms with Crippen molar-refractivity contribution in [3.05, 3.63) is 58.4 Å². The number of thiocarbonyl (C=S) groups is 1. The Hall–Kier alpha value is -1.79. The molecule has 0 radical (unpaired) electrons. The van der Waals surface area contributed by atoms with Gasteiger partial charge in [-0.2, -0.15) is 0 Å². The lowest BCUT2D eigenvalue weighted by molar-refractivity contribution is 0.510. The summed E-state index contributed by atoms with van der Waals surface area (Å²) in [5, 5.41) is 2.49. The maximum atomic E-state index is 13.8. The van der Waals surface area contributed by atoms with Crippen LogP contribution in [-0.2, 0) is 0 Å². The molecular weight excluding hydrogens is 309 g/mol. The minimum absolute atomic E-state index is 0.0639. The maximum Gasteiger partial charge on any atom is 0.182 e. The van der Waals surface area contributed by atoms with E-state index in [-0.39, 0.29) is 26.9 Å². The van der Waals surface area contributed by atoms with Gasteiger partial charge in [0.25, 0.3) is 0 Å². The fraction of sp³-hybridized carbons (Fsp3) is 0. The smallest absolute Gasteiger partial charge is 0.182 e. The van der Waals surface area contributed by atoms with Gasteiger partial charge in [-0.3, -0.25) is 0 Å². The van der Waals surface area contributed by atoms with Crippen LogP contribution in [0.1, 0.15) is 5.56 Å². The van der Waals surface area contributed by atoms with Crippen molar-refractivity contribution in [2.75, 3.05) is 5.32 Å². The molecule has 0 fully saturated rings. The average Bonchev–Trinajstić information content (AvgIpc) is 2.39. The molecule has 0 atom stereocenters. The molecule has 0 unspecified atom stereocenters. The first-order valence-electron chi connectivity index (χ1n) is 5.40. The third-order valence-corrected chi connectivity index (χ3v) is 3.07. The van der Waals surface area contributed by atoms with E-state index in [4.69, 9.17) is 17.3 Å². The van der Waals surface area contributed by atoms with Crippen molar-refractivity contribution >= 4 is 40.2 Å². The monoisotopic (exact) mass is 316 g/mol. The van der Waals surface area contributed by atoms with Crippen LogP contribution in [0.4, 0.5) is 24.5 Å². The van der Waals surface area contributed by atoms with Crippen LogP contribution in [0, 0.1) is 17.5 Å². The first-order chi connectivity index (χ1) is 9.40. The number of halogens is 4. The molecule has 0 aliphatic heterocycles. The molecule has 0 bridgehead atoms. The Bertz CT molecular complexity index is 692. The summed E-state index contributed by atoms with van der Waals surface area (Å²) in [6.45, 7) is 0. The van der Waals surface area contributed by atoms with Gasteiger partial charge in [-0.05, 0) is 30.3 Å². The van der Waals surface area contributed by atoms with Crippen LogP contribution >= 0.6 is 23.8 Å². The number of nitrogens with one attached hydrogen (secondary N) is 1. The Balaban J connectivity index is 2.37. The van der Waals surface area contributed by atoms with Crippen LogP contribution in [-0.4, -0.2) is 4.99 Å². The van der Waals surface area contributed by atoms with Gasteiger partial charge in [0, 0.05) is 11.3 Å². The molecule has 0 saturated carbocycles. The number of nitrogens with two attached hydrogens (primary N) is 1. The van der Waals surface area contributed by atoms with Crippen LogP contribution in [0.5, 0.6) is 0 Å². The molecule has 3 N–H and O–H groups in total. The van der Waals surface area contributed by atoms with E-state index in [0.717, 1.165) is 6.07 Å². The summed E-state index contributed by atoms with van der Waals surface area (Å²) in [6, 6.07) is 6.32. The summed E-state index contributed by atoms with van der Waals surface area (Å²) < 4.78 is 40.8. The van der Waals surface area contributed by atoms with Crippen molar-refractivity contribution in [3.8, 4) is 0 Å². The van der Waals surface area contributed by atoms with Gasteiger partial charge in [0.2, 0.25) is 0 Å². The highest BCUT2D eigenvalue weighted by Gasteiger charge is 2.15. The second kappa shape index (κ2) is 5.68. The number of hydrogen-bond acceptors (Lipinski definition) is 2. The molecule has 0 amide bonds. The van der Waals surface area contributed by atoms with Gasteiger partial charge in [0.1, 0.15) is 10.8 Å². The molecule has 0 heterocycles. The molecule has 20 heavy (non-hydrogen) atoms. The van der Waals surface area contributed by atoms with Crippen molar-refractivity contribution < 1.29 is 13.2 Å². The zero-order chi connectivity index (χ0) is 14.9. The highest BCUT2D eigenvalue weighted by molar-refractivity contribution is 7.80. The van der Waals surface area contributed by atoms with Gasteiger partial charge in [0.05, 0.1) is 10.7 Å². The molecular formula is C13H8ClF3N2S. The van der Waals surface area contributed by atoms with Crippen molar-refractivity contribution in [2.45, 2.75) is 0 Å². The highest BCUT2D eigenvalue weighted by atomic mass is 35.5. The average molecular weight is 317 g/mol. The van der Waals surface area contributed by atoms with E-state index in [2.05, 4.69) is 17.5 Å². The van der Waals surface area contributed by atoms with E-state index in [0.29, 0.717) is 0 Å². The van der Waals surface area contributed by atoms with Gasteiger partial charge in [0.15, 0.2) is 11.6 Å². The zero-order valence-electron chi connectivity index (χ0n) is 9.88. The van der Waals surface area contributed by atoms with Crippen molar-refractivity contribution in [3.63, 3.8) is 0 Å². The lowest BCUT2D eigenvalue weighted by Gasteiger charge is -2.10. The number of anilines is 2. The fourth-order valence-corrected chi connectivity index (χ4v) is 1.84. The first-order valence-corrected chi connectivity index (χ1v) is 6.18. The number of hydrogen-bond donors (Lipinski definition) is 2. The predicted octanol–water partition coefficient (Wildman–Crippen LogP) is 4.14. The van der Waals surface area contributed by atoms with Crippen LogP contribution in [0.15, 0.2) is 30.3 Å². The summed E-state index contributed by atoms with van der Waals surface area (Å²) in [7, 11) is 0. The summed E-state index contributed by atoms with van der Waals surface area (Å²) in [6.07, 6.45) is 0. The molecule has 0 aliphatic rings. The van der Waals surface area contributed by atoms with Crippen molar-refractivity contribution in [2.24, 2.45) is 5.73 Å². The molecule has 2 aromatic rings. The zero-order valence-corrected chi connectivity index (χ0v) is 11.5. The molecule has 2 rings (SSSR count). The predicted molar refractivity (Wildman–Crippen MR) is 76.9 cm³/mol. The van der Waals surface area contributed by atoms with E-state index < -0.39 is 17.5 Å². The SMILES string of the molecule is NC(=S)c1ccc(Nc2ccc(Cl)c(F)c2)c(F)c1F. The molecule has 2 nitrogen and oxygen atoms in total. The van der Waals surface area contributed by atoms with Crippen molar-refractivity contribution in [1.82, 2.24) is 0 Å². The largest absolute Gasteiger partial charge is 0.389 e. The minimum Gasteiger partial charge on any atom is -0.389 e. The minimum atomic E-state index is -1.16. The van der Waals surface area contributed by atoms with Gasteiger partial charge in [-0.25, -0.2) is 13.2 Å². The van der Waals surface area contributed by atoms with E-state index in [1.54, 1.807) is 0 Å². The normalized spacial score (nSPS) is 10.4. The van der Waals surface area contributed by atoms with Crippen LogP contribution < -0.4 is 11.1 Å². The second-order valence-electron chi connectivity index (χ2n) is 3.91. The Labute approximate surface area is 123 Å². The number of benzene rings is 2. The lowest BCUT2D eigenvalue weighted by atomic mass is 10.1. The van der Waals surface area contributed by atoms with Crippen LogP contribution in [0.3, 0.4) is 0 Å². The molecule has 0 aliphatic carbocycles. The molecule has 104 valence electrons. The Morgan fingerprint density at radius 2 is 1.80 bits per heavy atom. The van der Waals surface area contributed by atoms with Gasteiger partial charge in [-0.15, -0.1) is 0 Å². The maximum absolute atomic E-state index is 13.8. The van der Waals surface area contributed by atoms with Gasteiger partial charge >= 0.3 is 0 Å². The quantitative estimate of drug-likeness (QED) is 0.836. The van der Waals surface area contributed by atoms with Crippen LogP contribution in [0.25, 0.3) is 0 Å². The van der Waals surface area contributed by atoms with Gasteiger partial charge < -0.3 is 11.1 Å². The summed E-state index contributed by atoms with van der Waals surface area (Å²) in [5.41, 5.74) is 5.14. The number of rotatable bonds is 3. The summed E-state index contributed by atoms with van der Waals surface area (Å²) in [5.74, 6) is -2.97. The fourth-order valence-electron chi connectivity index (χ4n) is 1.57. The third kappa shape index (κ3) is 2.86. The van der Waals surface area contributed by atoms with E-state index in [1.807, 2.05) is 0 Å². The standard InChI is InChI=1S/C13H8ClF3N2S/c14-8-3-1-6(5-9(8)15)19-10-4-2-7(13(18)20)11(16)12(10)17/h1-5,19H,(H2,18,20). The molecule has 7 heteroatoms. The third-order valence-electron chi connectivity index (χ3n) is 2.55. The topological polar surface area (TPSA) is 38.0 Å². The Morgan fingerprint density at radius 1 is 1.10 bits per heavy atom. The van der Waals surface area contributed by atoms with E-state index in [1.165, 1.54) is 24.3 Å².